The highest BCUT2D eigenvalue weighted by Crippen LogP contribution is 2.23. The lowest BCUT2D eigenvalue weighted by molar-refractivity contribution is 0.731. The molecule has 0 aliphatic carbocycles. The van der Waals surface area contributed by atoms with Gasteiger partial charge in [0.05, 0.1) is 11.9 Å². The summed E-state index contributed by atoms with van der Waals surface area (Å²) in [7, 11) is 0. The number of hydrogen-bond acceptors (Lipinski definition) is 1. The Morgan fingerprint density at radius 1 is 1.53 bits per heavy atom. The van der Waals surface area contributed by atoms with Crippen LogP contribution in [0.25, 0.3) is 12.3 Å². The molecule has 0 saturated heterocycles. The van der Waals surface area contributed by atoms with Gasteiger partial charge in [-0.2, -0.15) is 5.10 Å². The van der Waals surface area contributed by atoms with E-state index in [1.54, 1.807) is 17.0 Å². The molecule has 0 radical (unpaired) electrons. The zero-order chi connectivity index (χ0) is 11.3. The topological polar surface area (TPSA) is 17.8 Å². The second kappa shape index (κ2) is 5.35. The van der Waals surface area contributed by atoms with Gasteiger partial charge in [-0.25, -0.2) is 4.68 Å². The highest BCUT2D eigenvalue weighted by atomic mass is 15.3. The maximum atomic E-state index is 4.27. The van der Waals surface area contributed by atoms with E-state index in [9.17, 15) is 0 Å². The van der Waals surface area contributed by atoms with Gasteiger partial charge in [0.1, 0.15) is 0 Å². The summed E-state index contributed by atoms with van der Waals surface area (Å²) in [6.07, 6.45) is 10.4. The second-order valence-electron chi connectivity index (χ2n) is 3.52. The first kappa shape index (κ1) is 11.5. The quantitative estimate of drug-likeness (QED) is 0.666. The molecule has 80 valence electrons. The van der Waals surface area contributed by atoms with Crippen molar-refractivity contribution in [1.82, 2.24) is 9.78 Å². The zero-order valence-corrected chi connectivity index (χ0v) is 9.48. The van der Waals surface area contributed by atoms with Crippen LogP contribution < -0.4 is 0 Å². The fourth-order valence-electron chi connectivity index (χ4n) is 1.46. The summed E-state index contributed by atoms with van der Waals surface area (Å²) in [4.78, 5) is 0. The molecule has 2 heteroatoms. The predicted molar refractivity (Wildman–Crippen MR) is 66.6 cm³/mol. The van der Waals surface area contributed by atoms with Crippen LogP contribution in [-0.2, 0) is 0 Å². The van der Waals surface area contributed by atoms with E-state index >= 15 is 0 Å². The molecule has 1 aromatic rings. The van der Waals surface area contributed by atoms with Crippen molar-refractivity contribution in [3.8, 4) is 0 Å². The standard InChI is InChI=1S/C13H18N2/c1-5-8-9-13-12(11(4)6-2)10-14-15(13)7-3/h5,7-11H,1,3,6H2,2,4H3/b9-8-. The molecule has 1 unspecified atom stereocenters. The van der Waals surface area contributed by atoms with Gasteiger partial charge in [-0.05, 0) is 18.4 Å². The number of rotatable bonds is 5. The van der Waals surface area contributed by atoms with E-state index in [4.69, 9.17) is 0 Å². The van der Waals surface area contributed by atoms with Crippen LogP contribution in [0.1, 0.15) is 37.4 Å². The molecule has 1 rings (SSSR count). The minimum atomic E-state index is 0.517. The molecule has 0 amide bonds. The van der Waals surface area contributed by atoms with Gasteiger partial charge in [0.2, 0.25) is 0 Å². The maximum absolute atomic E-state index is 4.27. The normalized spacial score (nSPS) is 12.9. The molecule has 0 N–H and O–H groups in total. The van der Waals surface area contributed by atoms with Crippen molar-refractivity contribution in [1.29, 1.82) is 0 Å². The highest BCUT2D eigenvalue weighted by molar-refractivity contribution is 5.54. The monoisotopic (exact) mass is 202 g/mol. The Hall–Kier alpha value is -1.57. The van der Waals surface area contributed by atoms with Crippen LogP contribution in [0.5, 0.6) is 0 Å². The molecular weight excluding hydrogens is 184 g/mol. The first-order chi connectivity index (χ1) is 7.24. The van der Waals surface area contributed by atoms with E-state index in [1.165, 1.54) is 5.56 Å². The van der Waals surface area contributed by atoms with Gasteiger partial charge < -0.3 is 0 Å². The lowest BCUT2D eigenvalue weighted by Gasteiger charge is -2.07. The van der Waals surface area contributed by atoms with Gasteiger partial charge in [0, 0.05) is 11.8 Å². The van der Waals surface area contributed by atoms with Crippen LogP contribution in [0, 0.1) is 0 Å². The van der Waals surface area contributed by atoms with Crippen molar-refractivity contribution in [2.24, 2.45) is 0 Å². The summed E-state index contributed by atoms with van der Waals surface area (Å²) in [6.45, 7) is 11.8. The first-order valence-electron chi connectivity index (χ1n) is 5.23. The van der Waals surface area contributed by atoms with Crippen LogP contribution in [0.15, 0.2) is 31.5 Å². The molecule has 1 aromatic heterocycles. The molecule has 1 heterocycles. The Morgan fingerprint density at radius 3 is 2.80 bits per heavy atom. The van der Waals surface area contributed by atoms with E-state index in [1.807, 2.05) is 18.3 Å². The number of nitrogens with zero attached hydrogens (tertiary/aromatic N) is 2. The SMILES string of the molecule is C=C/C=C\c1c(C(C)CC)cnn1C=C. The second-order valence-corrected chi connectivity index (χ2v) is 3.52. The first-order valence-corrected chi connectivity index (χ1v) is 5.23. The third-order valence-corrected chi connectivity index (χ3v) is 2.57. The number of hydrogen-bond donors (Lipinski definition) is 0. The molecule has 0 aliphatic heterocycles. The average Bonchev–Trinajstić information content (AvgIpc) is 2.67. The fourth-order valence-corrected chi connectivity index (χ4v) is 1.46. The molecule has 1 atom stereocenters. The van der Waals surface area contributed by atoms with E-state index in [2.05, 4.69) is 32.1 Å². The van der Waals surface area contributed by atoms with Crippen molar-refractivity contribution in [2.45, 2.75) is 26.2 Å². The van der Waals surface area contributed by atoms with Gasteiger partial charge >= 0.3 is 0 Å². The molecule has 0 fully saturated rings. The van der Waals surface area contributed by atoms with Crippen molar-refractivity contribution in [3.63, 3.8) is 0 Å². The minimum Gasteiger partial charge on any atom is -0.241 e. The van der Waals surface area contributed by atoms with Crippen LogP contribution in [0.4, 0.5) is 0 Å². The summed E-state index contributed by atoms with van der Waals surface area (Å²) in [6, 6.07) is 0. The molecule has 2 nitrogen and oxygen atoms in total. The van der Waals surface area contributed by atoms with E-state index < -0.39 is 0 Å². The summed E-state index contributed by atoms with van der Waals surface area (Å²) in [5, 5.41) is 4.27. The Kier molecular flexibility index (Phi) is 4.10. The van der Waals surface area contributed by atoms with Crippen LogP contribution in [0.3, 0.4) is 0 Å². The molecule has 0 spiro atoms. The van der Waals surface area contributed by atoms with E-state index in [0.717, 1.165) is 12.1 Å². The van der Waals surface area contributed by atoms with E-state index in [-0.39, 0.29) is 0 Å². The van der Waals surface area contributed by atoms with Crippen molar-refractivity contribution < 1.29 is 0 Å². The Bertz CT molecular complexity index is 372. The lowest BCUT2D eigenvalue weighted by atomic mass is 9.99. The van der Waals surface area contributed by atoms with Crippen molar-refractivity contribution >= 4 is 12.3 Å². The van der Waals surface area contributed by atoms with Gasteiger partial charge in [0.15, 0.2) is 0 Å². The summed E-state index contributed by atoms with van der Waals surface area (Å²) >= 11 is 0. The highest BCUT2D eigenvalue weighted by Gasteiger charge is 2.11. The predicted octanol–water partition coefficient (Wildman–Crippen LogP) is 3.70. The van der Waals surface area contributed by atoms with Crippen LogP contribution in [0.2, 0.25) is 0 Å². The molecule has 15 heavy (non-hydrogen) atoms. The average molecular weight is 202 g/mol. The van der Waals surface area contributed by atoms with Crippen LogP contribution >= 0.6 is 0 Å². The van der Waals surface area contributed by atoms with Crippen molar-refractivity contribution in [3.05, 3.63) is 42.8 Å². The van der Waals surface area contributed by atoms with Gasteiger partial charge in [-0.3, -0.25) is 0 Å². The van der Waals surface area contributed by atoms with Gasteiger partial charge in [-0.1, -0.05) is 39.2 Å². The number of aromatic nitrogens is 2. The van der Waals surface area contributed by atoms with E-state index in [0.29, 0.717) is 5.92 Å². The van der Waals surface area contributed by atoms with Gasteiger partial charge in [0.25, 0.3) is 0 Å². The Labute approximate surface area is 91.6 Å². The molecular formula is C13H18N2. The van der Waals surface area contributed by atoms with Crippen molar-refractivity contribution in [2.75, 3.05) is 0 Å². The minimum absolute atomic E-state index is 0.517. The number of allylic oxidation sites excluding steroid dienone is 2. The Balaban J connectivity index is 3.15. The largest absolute Gasteiger partial charge is 0.241 e. The maximum Gasteiger partial charge on any atom is 0.0695 e. The third-order valence-electron chi connectivity index (χ3n) is 2.57. The smallest absolute Gasteiger partial charge is 0.0695 e. The summed E-state index contributed by atoms with van der Waals surface area (Å²) in [5.74, 6) is 0.517. The lowest BCUT2D eigenvalue weighted by Crippen LogP contribution is -1.96. The summed E-state index contributed by atoms with van der Waals surface area (Å²) in [5.41, 5.74) is 2.36. The summed E-state index contributed by atoms with van der Waals surface area (Å²) < 4.78 is 1.79. The van der Waals surface area contributed by atoms with Gasteiger partial charge in [-0.15, -0.1) is 0 Å². The Morgan fingerprint density at radius 2 is 2.27 bits per heavy atom. The molecule has 0 saturated carbocycles. The fraction of sp³-hybridized carbons (Fsp3) is 0.308. The molecule has 0 aromatic carbocycles. The third kappa shape index (κ3) is 2.46. The van der Waals surface area contributed by atoms with Crippen LogP contribution in [-0.4, -0.2) is 9.78 Å². The zero-order valence-electron chi connectivity index (χ0n) is 9.48. The molecule has 0 aliphatic rings. The molecule has 0 bridgehead atoms.